The zero-order chi connectivity index (χ0) is 19.7. The lowest BCUT2D eigenvalue weighted by atomic mass is 10.1. The maximum Gasteiger partial charge on any atom is 0.318 e. The standard InChI is InChI=1S/C18H27N3O5S/c1-27(24,25)13-5-8-19-17(22)16(14-15-6-3-2-4-7-15)20-18(23)21-9-11-26-12-10-21/h2-4,6-7,16H,5,8-14H2,1H3,(H,19,22)(H,20,23)/t16-/m0/s1. The van der Waals surface area contributed by atoms with E-state index >= 15 is 0 Å². The summed E-state index contributed by atoms with van der Waals surface area (Å²) in [6.45, 7) is 2.17. The zero-order valence-corrected chi connectivity index (χ0v) is 16.3. The fraction of sp³-hybridized carbons (Fsp3) is 0.556. The van der Waals surface area contributed by atoms with Gasteiger partial charge in [0.25, 0.3) is 0 Å². The van der Waals surface area contributed by atoms with E-state index in [4.69, 9.17) is 4.74 Å². The van der Waals surface area contributed by atoms with Gasteiger partial charge in [0.05, 0.1) is 19.0 Å². The van der Waals surface area contributed by atoms with Crippen molar-refractivity contribution in [2.45, 2.75) is 18.9 Å². The zero-order valence-electron chi connectivity index (χ0n) is 15.5. The van der Waals surface area contributed by atoms with Crippen molar-refractivity contribution in [2.24, 2.45) is 0 Å². The molecule has 27 heavy (non-hydrogen) atoms. The van der Waals surface area contributed by atoms with Gasteiger partial charge in [0, 0.05) is 32.3 Å². The molecule has 1 aliphatic heterocycles. The third-order valence-electron chi connectivity index (χ3n) is 4.19. The van der Waals surface area contributed by atoms with E-state index in [1.165, 1.54) is 0 Å². The molecule has 0 saturated carbocycles. The molecule has 150 valence electrons. The number of hydrogen-bond acceptors (Lipinski definition) is 5. The maximum atomic E-state index is 12.6. The average molecular weight is 397 g/mol. The summed E-state index contributed by atoms with van der Waals surface area (Å²) in [5.74, 6) is -0.314. The molecule has 1 aliphatic rings. The van der Waals surface area contributed by atoms with Crippen LogP contribution < -0.4 is 10.6 Å². The Kier molecular flexibility index (Phi) is 8.05. The molecule has 1 fully saturated rings. The van der Waals surface area contributed by atoms with E-state index in [1.54, 1.807) is 4.90 Å². The van der Waals surface area contributed by atoms with Crippen LogP contribution in [0.1, 0.15) is 12.0 Å². The van der Waals surface area contributed by atoms with Gasteiger partial charge in [-0.3, -0.25) is 4.79 Å². The van der Waals surface area contributed by atoms with Crippen LogP contribution in [0.25, 0.3) is 0 Å². The Morgan fingerprint density at radius 2 is 1.85 bits per heavy atom. The highest BCUT2D eigenvalue weighted by atomic mass is 32.2. The number of nitrogens with zero attached hydrogens (tertiary/aromatic N) is 1. The molecule has 0 radical (unpaired) electrons. The molecule has 2 rings (SSSR count). The fourth-order valence-electron chi connectivity index (χ4n) is 2.73. The van der Waals surface area contributed by atoms with Crippen LogP contribution in [-0.4, -0.2) is 76.2 Å². The summed E-state index contributed by atoms with van der Waals surface area (Å²) in [6, 6.07) is 8.39. The molecular formula is C18H27N3O5S. The van der Waals surface area contributed by atoms with E-state index in [1.807, 2.05) is 30.3 Å². The molecule has 1 aromatic rings. The number of benzene rings is 1. The molecule has 1 aromatic carbocycles. The molecule has 1 saturated heterocycles. The second kappa shape index (κ2) is 10.3. The third kappa shape index (κ3) is 7.96. The van der Waals surface area contributed by atoms with Crippen molar-refractivity contribution in [1.82, 2.24) is 15.5 Å². The Bertz CT molecular complexity index is 718. The Morgan fingerprint density at radius 1 is 1.19 bits per heavy atom. The number of rotatable bonds is 8. The highest BCUT2D eigenvalue weighted by Crippen LogP contribution is 2.05. The number of morpholine rings is 1. The number of nitrogens with one attached hydrogen (secondary N) is 2. The van der Waals surface area contributed by atoms with Crippen LogP contribution in [-0.2, 0) is 25.8 Å². The van der Waals surface area contributed by atoms with E-state index in [0.717, 1.165) is 11.8 Å². The fourth-order valence-corrected chi connectivity index (χ4v) is 3.40. The van der Waals surface area contributed by atoms with E-state index in [-0.39, 0.29) is 24.2 Å². The minimum Gasteiger partial charge on any atom is -0.378 e. The average Bonchev–Trinajstić information content (AvgIpc) is 2.65. The van der Waals surface area contributed by atoms with Gasteiger partial charge < -0.3 is 20.3 Å². The lowest BCUT2D eigenvalue weighted by Crippen LogP contribution is -2.54. The van der Waals surface area contributed by atoms with Crippen molar-refractivity contribution < 1.29 is 22.7 Å². The molecule has 9 heteroatoms. The van der Waals surface area contributed by atoms with Crippen LogP contribution in [0.5, 0.6) is 0 Å². The number of urea groups is 1. The molecule has 0 aliphatic carbocycles. The Hall–Kier alpha value is -2.13. The van der Waals surface area contributed by atoms with Gasteiger partial charge in [0.1, 0.15) is 15.9 Å². The largest absolute Gasteiger partial charge is 0.378 e. The number of ether oxygens (including phenoxy) is 1. The van der Waals surface area contributed by atoms with Gasteiger partial charge in [0.2, 0.25) is 5.91 Å². The smallest absolute Gasteiger partial charge is 0.318 e. The van der Waals surface area contributed by atoms with Crippen LogP contribution in [0.4, 0.5) is 4.79 Å². The summed E-state index contributed by atoms with van der Waals surface area (Å²) in [7, 11) is -3.06. The predicted molar refractivity (Wildman–Crippen MR) is 102 cm³/mol. The lowest BCUT2D eigenvalue weighted by Gasteiger charge is -2.29. The van der Waals surface area contributed by atoms with Gasteiger partial charge in [-0.1, -0.05) is 30.3 Å². The van der Waals surface area contributed by atoms with Gasteiger partial charge in [-0.15, -0.1) is 0 Å². The highest BCUT2D eigenvalue weighted by Gasteiger charge is 2.25. The molecule has 0 spiro atoms. The second-order valence-corrected chi connectivity index (χ2v) is 8.83. The number of carbonyl (C=O) groups is 2. The number of carbonyl (C=O) groups excluding carboxylic acids is 2. The van der Waals surface area contributed by atoms with Gasteiger partial charge >= 0.3 is 6.03 Å². The molecule has 2 N–H and O–H groups in total. The summed E-state index contributed by atoms with van der Waals surface area (Å²) in [4.78, 5) is 26.7. The van der Waals surface area contributed by atoms with Gasteiger partial charge in [-0.2, -0.15) is 0 Å². The number of amides is 3. The van der Waals surface area contributed by atoms with Crippen LogP contribution in [0.15, 0.2) is 30.3 Å². The van der Waals surface area contributed by atoms with E-state index in [2.05, 4.69) is 10.6 Å². The predicted octanol–water partition coefficient (Wildman–Crippen LogP) is 0.190. The highest BCUT2D eigenvalue weighted by molar-refractivity contribution is 7.90. The topological polar surface area (TPSA) is 105 Å². The van der Waals surface area contributed by atoms with Crippen molar-refractivity contribution in [2.75, 3.05) is 44.9 Å². The van der Waals surface area contributed by atoms with Crippen molar-refractivity contribution in [3.63, 3.8) is 0 Å². The van der Waals surface area contributed by atoms with Crippen LogP contribution >= 0.6 is 0 Å². The van der Waals surface area contributed by atoms with Crippen molar-refractivity contribution in [3.05, 3.63) is 35.9 Å². The van der Waals surface area contributed by atoms with Gasteiger partial charge in [0.15, 0.2) is 0 Å². The van der Waals surface area contributed by atoms with Gasteiger partial charge in [-0.05, 0) is 12.0 Å². The first-order valence-corrected chi connectivity index (χ1v) is 11.0. The van der Waals surface area contributed by atoms with Crippen LogP contribution in [0.2, 0.25) is 0 Å². The maximum absolute atomic E-state index is 12.6. The number of sulfone groups is 1. The molecule has 0 unspecified atom stereocenters. The molecule has 0 bridgehead atoms. The molecule has 1 atom stereocenters. The summed E-state index contributed by atoms with van der Waals surface area (Å²) >= 11 is 0. The minimum absolute atomic E-state index is 0.0107. The summed E-state index contributed by atoms with van der Waals surface area (Å²) < 4.78 is 27.6. The molecule has 1 heterocycles. The molecular weight excluding hydrogens is 370 g/mol. The Labute approximate surface area is 160 Å². The molecule has 8 nitrogen and oxygen atoms in total. The first kappa shape index (κ1) is 21.2. The van der Waals surface area contributed by atoms with Crippen molar-refractivity contribution in [1.29, 1.82) is 0 Å². The second-order valence-electron chi connectivity index (χ2n) is 6.57. The lowest BCUT2D eigenvalue weighted by molar-refractivity contribution is -0.122. The minimum atomic E-state index is -3.06. The third-order valence-corrected chi connectivity index (χ3v) is 5.22. The van der Waals surface area contributed by atoms with Gasteiger partial charge in [-0.25, -0.2) is 13.2 Å². The first-order chi connectivity index (χ1) is 12.8. The van der Waals surface area contributed by atoms with Crippen molar-refractivity contribution >= 4 is 21.8 Å². The van der Waals surface area contributed by atoms with Crippen molar-refractivity contribution in [3.8, 4) is 0 Å². The Morgan fingerprint density at radius 3 is 2.48 bits per heavy atom. The molecule has 0 aromatic heterocycles. The van der Waals surface area contributed by atoms with E-state index in [9.17, 15) is 18.0 Å². The monoisotopic (exact) mass is 397 g/mol. The van der Waals surface area contributed by atoms with E-state index in [0.29, 0.717) is 39.1 Å². The normalized spacial score (nSPS) is 15.8. The van der Waals surface area contributed by atoms with Crippen LogP contribution in [0, 0.1) is 0 Å². The first-order valence-electron chi connectivity index (χ1n) is 8.98. The SMILES string of the molecule is CS(=O)(=O)CCCNC(=O)[C@H](Cc1ccccc1)NC(=O)N1CCOCC1. The summed E-state index contributed by atoms with van der Waals surface area (Å²) in [6.07, 6.45) is 1.85. The Balaban J connectivity index is 1.95. The summed E-state index contributed by atoms with van der Waals surface area (Å²) in [5, 5.41) is 5.52. The van der Waals surface area contributed by atoms with Crippen LogP contribution in [0.3, 0.4) is 0 Å². The quantitative estimate of drug-likeness (QED) is 0.610. The number of hydrogen-bond donors (Lipinski definition) is 2. The van der Waals surface area contributed by atoms with E-state index < -0.39 is 15.9 Å². The molecule has 3 amide bonds. The summed E-state index contributed by atoms with van der Waals surface area (Å²) in [5.41, 5.74) is 0.927.